The first-order valence-electron chi connectivity index (χ1n) is 10.7. The highest BCUT2D eigenvalue weighted by Gasteiger charge is 2.23. The molecule has 3 heterocycles. The Morgan fingerprint density at radius 1 is 1.32 bits per heavy atom. The SMILES string of the molecule is CCC1CCc2sc(-c3nnc(SC(C)c4nc5ccccc5c(=O)[nH]4)n3C)cc2C1. The van der Waals surface area contributed by atoms with Gasteiger partial charge in [-0.25, -0.2) is 4.98 Å². The zero-order chi connectivity index (χ0) is 21.5. The Hall–Kier alpha value is -2.45. The van der Waals surface area contributed by atoms with Crippen LogP contribution in [0, 0.1) is 5.92 Å². The standard InChI is InChI=1S/C23H25N5OS2/c1-4-14-9-10-18-15(11-14)12-19(31-18)21-26-27-23(28(21)3)30-13(2)20-24-17-8-6-5-7-16(17)22(29)25-20/h5-8,12-14H,4,9-11H2,1-3H3,(H,24,25,29). The molecule has 0 amide bonds. The van der Waals surface area contributed by atoms with E-state index in [2.05, 4.69) is 37.7 Å². The maximum absolute atomic E-state index is 12.4. The number of aromatic nitrogens is 5. The van der Waals surface area contributed by atoms with E-state index in [1.807, 2.05) is 43.5 Å². The van der Waals surface area contributed by atoms with Crippen molar-refractivity contribution in [2.24, 2.45) is 13.0 Å². The fourth-order valence-corrected chi connectivity index (χ4v) is 6.30. The third kappa shape index (κ3) is 3.83. The number of H-pyrrole nitrogens is 1. The van der Waals surface area contributed by atoms with Crippen molar-refractivity contribution in [1.82, 2.24) is 24.7 Å². The van der Waals surface area contributed by atoms with Crippen LogP contribution in [0.3, 0.4) is 0 Å². The highest BCUT2D eigenvalue weighted by atomic mass is 32.2. The van der Waals surface area contributed by atoms with Crippen LogP contribution < -0.4 is 5.56 Å². The van der Waals surface area contributed by atoms with Crippen LogP contribution in [0.5, 0.6) is 0 Å². The number of para-hydroxylation sites is 1. The Balaban J connectivity index is 1.40. The van der Waals surface area contributed by atoms with Gasteiger partial charge in [0.1, 0.15) is 5.82 Å². The van der Waals surface area contributed by atoms with Crippen molar-refractivity contribution in [1.29, 1.82) is 0 Å². The Labute approximate surface area is 189 Å². The number of aromatic amines is 1. The second-order valence-corrected chi connectivity index (χ2v) is 10.6. The van der Waals surface area contributed by atoms with Gasteiger partial charge in [-0.15, -0.1) is 21.5 Å². The molecule has 160 valence electrons. The lowest BCUT2D eigenvalue weighted by molar-refractivity contribution is 0.449. The lowest BCUT2D eigenvalue weighted by Crippen LogP contribution is -2.13. The lowest BCUT2D eigenvalue weighted by atomic mass is 9.87. The van der Waals surface area contributed by atoms with Gasteiger partial charge < -0.3 is 9.55 Å². The third-order valence-electron chi connectivity index (χ3n) is 6.12. The van der Waals surface area contributed by atoms with Gasteiger partial charge in [0.2, 0.25) is 0 Å². The summed E-state index contributed by atoms with van der Waals surface area (Å²) in [5, 5.41) is 10.3. The van der Waals surface area contributed by atoms with Gasteiger partial charge in [-0.3, -0.25) is 4.79 Å². The van der Waals surface area contributed by atoms with E-state index in [-0.39, 0.29) is 10.8 Å². The predicted octanol–water partition coefficient (Wildman–Crippen LogP) is 5.15. The van der Waals surface area contributed by atoms with Crippen LogP contribution in [-0.2, 0) is 19.9 Å². The fourth-order valence-electron chi connectivity index (χ4n) is 4.20. The van der Waals surface area contributed by atoms with Gasteiger partial charge in [-0.05, 0) is 55.9 Å². The summed E-state index contributed by atoms with van der Waals surface area (Å²) in [7, 11) is 2.01. The fraction of sp³-hybridized carbons (Fsp3) is 0.391. The van der Waals surface area contributed by atoms with E-state index < -0.39 is 0 Å². The molecule has 5 rings (SSSR count). The maximum Gasteiger partial charge on any atom is 0.258 e. The molecule has 2 atom stereocenters. The number of nitrogens with one attached hydrogen (secondary N) is 1. The minimum Gasteiger partial charge on any atom is -0.309 e. The van der Waals surface area contributed by atoms with E-state index >= 15 is 0 Å². The zero-order valence-corrected chi connectivity index (χ0v) is 19.5. The minimum absolute atomic E-state index is 0.0603. The number of thiophene rings is 1. The summed E-state index contributed by atoms with van der Waals surface area (Å²) in [6.45, 7) is 4.31. The molecule has 1 N–H and O–H groups in total. The van der Waals surface area contributed by atoms with Gasteiger partial charge >= 0.3 is 0 Å². The first-order chi connectivity index (χ1) is 15.0. The highest BCUT2D eigenvalue weighted by molar-refractivity contribution is 7.99. The van der Waals surface area contributed by atoms with Crippen molar-refractivity contribution in [3.05, 3.63) is 57.0 Å². The molecule has 6 nitrogen and oxygen atoms in total. The van der Waals surface area contributed by atoms with Gasteiger partial charge in [0.25, 0.3) is 5.56 Å². The number of rotatable bonds is 5. The number of fused-ring (bicyclic) bond motifs is 2. The van der Waals surface area contributed by atoms with Crippen LogP contribution in [0.15, 0.2) is 40.3 Å². The molecular weight excluding hydrogens is 426 g/mol. The zero-order valence-electron chi connectivity index (χ0n) is 17.9. The lowest BCUT2D eigenvalue weighted by Gasteiger charge is -2.19. The molecule has 4 aromatic rings. The largest absolute Gasteiger partial charge is 0.309 e. The van der Waals surface area contributed by atoms with Crippen molar-refractivity contribution >= 4 is 34.0 Å². The Bertz CT molecular complexity index is 1310. The average Bonchev–Trinajstić information content (AvgIpc) is 3.36. The minimum atomic E-state index is -0.110. The monoisotopic (exact) mass is 451 g/mol. The molecule has 1 aliphatic rings. The van der Waals surface area contributed by atoms with Crippen LogP contribution in [0.2, 0.25) is 0 Å². The summed E-state index contributed by atoms with van der Waals surface area (Å²) in [5.74, 6) is 2.36. The summed E-state index contributed by atoms with van der Waals surface area (Å²) in [6.07, 6.45) is 4.89. The molecule has 31 heavy (non-hydrogen) atoms. The molecule has 0 spiro atoms. The van der Waals surface area contributed by atoms with E-state index in [0.29, 0.717) is 16.7 Å². The van der Waals surface area contributed by atoms with E-state index in [0.717, 1.165) is 16.9 Å². The molecule has 1 aliphatic carbocycles. The number of benzene rings is 1. The molecule has 8 heteroatoms. The van der Waals surface area contributed by atoms with Gasteiger partial charge in [0, 0.05) is 11.9 Å². The molecule has 0 saturated carbocycles. The predicted molar refractivity (Wildman–Crippen MR) is 127 cm³/mol. The van der Waals surface area contributed by atoms with Crippen LogP contribution in [0.25, 0.3) is 21.6 Å². The molecular formula is C23H25N5OS2. The van der Waals surface area contributed by atoms with Crippen LogP contribution in [-0.4, -0.2) is 24.7 Å². The first-order valence-corrected chi connectivity index (χ1v) is 12.4. The van der Waals surface area contributed by atoms with Crippen molar-refractivity contribution in [2.75, 3.05) is 0 Å². The topological polar surface area (TPSA) is 76.5 Å². The molecule has 0 bridgehead atoms. The second-order valence-electron chi connectivity index (χ2n) is 8.17. The molecule has 1 aromatic carbocycles. The van der Waals surface area contributed by atoms with Crippen LogP contribution in [0.1, 0.15) is 48.2 Å². The van der Waals surface area contributed by atoms with E-state index in [9.17, 15) is 4.79 Å². The Morgan fingerprint density at radius 3 is 3.00 bits per heavy atom. The summed E-state index contributed by atoms with van der Waals surface area (Å²) < 4.78 is 2.05. The molecule has 0 radical (unpaired) electrons. The average molecular weight is 452 g/mol. The van der Waals surface area contributed by atoms with E-state index in [1.54, 1.807) is 17.8 Å². The summed E-state index contributed by atoms with van der Waals surface area (Å²) in [5.41, 5.74) is 2.09. The molecule has 0 aliphatic heterocycles. The van der Waals surface area contributed by atoms with Gasteiger partial charge in [-0.2, -0.15) is 0 Å². The van der Waals surface area contributed by atoms with E-state index in [1.165, 1.54) is 41.0 Å². The van der Waals surface area contributed by atoms with Crippen molar-refractivity contribution < 1.29 is 0 Å². The summed E-state index contributed by atoms with van der Waals surface area (Å²) >= 11 is 3.41. The third-order valence-corrected chi connectivity index (χ3v) is 8.49. The highest BCUT2D eigenvalue weighted by Crippen LogP contribution is 2.39. The molecule has 3 aromatic heterocycles. The summed E-state index contributed by atoms with van der Waals surface area (Å²) in [6, 6.07) is 9.72. The Kier molecular flexibility index (Phi) is 5.44. The van der Waals surface area contributed by atoms with Gasteiger partial charge in [-0.1, -0.05) is 37.2 Å². The molecule has 0 fully saturated rings. The van der Waals surface area contributed by atoms with E-state index in [4.69, 9.17) is 0 Å². The number of nitrogens with zero attached hydrogens (tertiary/aromatic N) is 4. The van der Waals surface area contributed by atoms with Gasteiger partial charge in [0.05, 0.1) is 21.0 Å². The molecule has 0 saturated heterocycles. The van der Waals surface area contributed by atoms with Crippen LogP contribution in [0.4, 0.5) is 0 Å². The first kappa shape index (κ1) is 20.5. The number of aryl methyl sites for hydroxylation is 1. The molecule has 2 unspecified atom stereocenters. The normalized spacial score (nSPS) is 17.1. The summed E-state index contributed by atoms with van der Waals surface area (Å²) in [4.78, 5) is 22.7. The smallest absolute Gasteiger partial charge is 0.258 e. The van der Waals surface area contributed by atoms with Crippen molar-refractivity contribution in [2.45, 2.75) is 49.9 Å². The second kappa shape index (κ2) is 8.24. The number of thioether (sulfide) groups is 1. The van der Waals surface area contributed by atoms with Crippen molar-refractivity contribution in [3.63, 3.8) is 0 Å². The quantitative estimate of drug-likeness (QED) is 0.425. The van der Waals surface area contributed by atoms with Crippen molar-refractivity contribution in [3.8, 4) is 10.7 Å². The number of hydrogen-bond acceptors (Lipinski definition) is 6. The number of hydrogen-bond donors (Lipinski definition) is 1. The Morgan fingerprint density at radius 2 is 2.16 bits per heavy atom. The maximum atomic E-state index is 12.4. The van der Waals surface area contributed by atoms with Crippen LogP contribution >= 0.6 is 23.1 Å². The van der Waals surface area contributed by atoms with Gasteiger partial charge in [0.15, 0.2) is 11.0 Å².